The van der Waals surface area contributed by atoms with Crippen molar-refractivity contribution in [1.29, 1.82) is 0 Å². The third kappa shape index (κ3) is 9.33. The van der Waals surface area contributed by atoms with Crippen LogP contribution >= 0.6 is 0 Å². The average molecular weight is 674 g/mol. The molecule has 0 fully saturated rings. The summed E-state index contributed by atoms with van der Waals surface area (Å²) >= 11 is 0. The minimum absolute atomic E-state index is 0.0957. The highest BCUT2D eigenvalue weighted by atomic mass is 28.2. The summed E-state index contributed by atoms with van der Waals surface area (Å²) in [6, 6.07) is 21.6. The Morgan fingerprint density at radius 2 is 1.54 bits per heavy atom. The van der Waals surface area contributed by atoms with Crippen molar-refractivity contribution in [2.45, 2.75) is 104 Å². The van der Waals surface area contributed by atoms with Gasteiger partial charge in [0.15, 0.2) is 6.29 Å². The van der Waals surface area contributed by atoms with E-state index in [9.17, 15) is 9.90 Å². The SMILES string of the molecule is CCOC(C[SiH2]CCCOC(=O)c1ccc2nn(-c3cc(C(C)(C)CC(C)(C)C)cc(C(C)(C)c4ccccc4)c3O)nc2c1)OCC. The molecule has 260 valence electrons. The lowest BCUT2D eigenvalue weighted by Gasteiger charge is -2.35. The highest BCUT2D eigenvalue weighted by molar-refractivity contribution is 6.35. The molecule has 1 N–H and O–H groups in total. The molecule has 0 atom stereocenters. The fraction of sp³-hybridized carbons (Fsp3) is 0.513. The van der Waals surface area contributed by atoms with Gasteiger partial charge in [-0.15, -0.1) is 15.0 Å². The molecule has 0 spiro atoms. The minimum atomic E-state index is -0.492. The van der Waals surface area contributed by atoms with Crippen LogP contribution in [0, 0.1) is 5.41 Å². The summed E-state index contributed by atoms with van der Waals surface area (Å²) in [6.07, 6.45) is 1.65. The number of aromatic nitrogens is 3. The Morgan fingerprint density at radius 1 is 0.875 bits per heavy atom. The summed E-state index contributed by atoms with van der Waals surface area (Å²) in [5.41, 5.74) is 4.53. The van der Waals surface area contributed by atoms with Crippen LogP contribution in [-0.4, -0.2) is 61.7 Å². The van der Waals surface area contributed by atoms with E-state index >= 15 is 0 Å². The van der Waals surface area contributed by atoms with Crippen LogP contribution in [0.4, 0.5) is 0 Å². The van der Waals surface area contributed by atoms with Crippen LogP contribution in [0.1, 0.15) is 102 Å². The number of hydrogen-bond donors (Lipinski definition) is 1. The molecule has 0 saturated heterocycles. The van der Waals surface area contributed by atoms with Crippen molar-refractivity contribution in [2.75, 3.05) is 19.8 Å². The zero-order valence-corrected chi connectivity index (χ0v) is 31.8. The lowest BCUT2D eigenvalue weighted by molar-refractivity contribution is -0.123. The van der Waals surface area contributed by atoms with E-state index < -0.39 is 5.41 Å². The zero-order chi connectivity index (χ0) is 35.1. The van der Waals surface area contributed by atoms with E-state index in [0.29, 0.717) is 42.1 Å². The van der Waals surface area contributed by atoms with Gasteiger partial charge in [-0.25, -0.2) is 4.79 Å². The van der Waals surface area contributed by atoms with Crippen LogP contribution in [-0.2, 0) is 25.0 Å². The zero-order valence-electron chi connectivity index (χ0n) is 30.4. The second kappa shape index (κ2) is 15.8. The molecule has 3 aromatic carbocycles. The number of carbonyl (C=O) groups excluding carboxylic acids is 1. The minimum Gasteiger partial charge on any atom is -0.505 e. The predicted molar refractivity (Wildman–Crippen MR) is 196 cm³/mol. The number of phenolic OH excluding ortho intramolecular Hbond substituents is 1. The Bertz CT molecular complexity index is 1650. The Kier molecular flexibility index (Phi) is 12.3. The molecule has 0 saturated carbocycles. The topological polar surface area (TPSA) is 95.7 Å². The molecule has 8 nitrogen and oxygen atoms in total. The van der Waals surface area contributed by atoms with Gasteiger partial charge < -0.3 is 19.3 Å². The van der Waals surface area contributed by atoms with Crippen LogP contribution in [0.15, 0.2) is 60.7 Å². The Hall–Kier alpha value is -3.53. The summed E-state index contributed by atoms with van der Waals surface area (Å²) < 4.78 is 16.9. The van der Waals surface area contributed by atoms with Gasteiger partial charge in [0.1, 0.15) is 22.5 Å². The Labute approximate surface area is 289 Å². The maximum atomic E-state index is 12.9. The van der Waals surface area contributed by atoms with Crippen molar-refractivity contribution in [3.63, 3.8) is 0 Å². The number of phenols is 1. The highest BCUT2D eigenvalue weighted by Gasteiger charge is 2.34. The molecule has 1 heterocycles. The van der Waals surface area contributed by atoms with E-state index in [2.05, 4.69) is 66.7 Å². The van der Waals surface area contributed by atoms with Crippen molar-refractivity contribution in [2.24, 2.45) is 5.41 Å². The molecule has 48 heavy (non-hydrogen) atoms. The lowest BCUT2D eigenvalue weighted by atomic mass is 9.70. The van der Waals surface area contributed by atoms with Crippen LogP contribution in [0.5, 0.6) is 5.75 Å². The van der Waals surface area contributed by atoms with Gasteiger partial charge in [-0.05, 0) is 79.0 Å². The van der Waals surface area contributed by atoms with Gasteiger partial charge in [-0.1, -0.05) is 90.9 Å². The van der Waals surface area contributed by atoms with E-state index in [4.69, 9.17) is 24.4 Å². The molecular weight excluding hydrogens is 619 g/mol. The van der Waals surface area contributed by atoms with Crippen LogP contribution in [0.25, 0.3) is 16.7 Å². The number of hydrogen-bond acceptors (Lipinski definition) is 7. The molecule has 9 heteroatoms. The first-order chi connectivity index (χ1) is 22.7. The number of nitrogens with zero attached hydrogens (tertiary/aromatic N) is 3. The number of benzene rings is 3. The smallest absolute Gasteiger partial charge is 0.338 e. The number of carbonyl (C=O) groups is 1. The predicted octanol–water partition coefficient (Wildman–Crippen LogP) is 8.12. The van der Waals surface area contributed by atoms with Crippen molar-refractivity contribution < 1.29 is 24.1 Å². The third-order valence-electron chi connectivity index (χ3n) is 8.87. The second-order valence-electron chi connectivity index (χ2n) is 15.0. The van der Waals surface area contributed by atoms with Crippen molar-refractivity contribution in [3.8, 4) is 11.4 Å². The molecule has 0 aliphatic carbocycles. The maximum absolute atomic E-state index is 12.9. The first-order valence-electron chi connectivity index (χ1n) is 17.4. The maximum Gasteiger partial charge on any atom is 0.338 e. The number of esters is 1. The summed E-state index contributed by atoms with van der Waals surface area (Å²) in [6.45, 7) is 21.1. The van der Waals surface area contributed by atoms with E-state index in [1.54, 1.807) is 18.2 Å². The van der Waals surface area contributed by atoms with Crippen molar-refractivity contribution >= 4 is 26.5 Å². The van der Waals surface area contributed by atoms with Crippen LogP contribution in [0.3, 0.4) is 0 Å². The first-order valence-corrected chi connectivity index (χ1v) is 19.4. The largest absolute Gasteiger partial charge is 0.505 e. The Morgan fingerprint density at radius 3 is 2.19 bits per heavy atom. The van der Waals surface area contributed by atoms with Gasteiger partial charge in [0.25, 0.3) is 0 Å². The third-order valence-corrected chi connectivity index (χ3v) is 10.7. The molecule has 4 rings (SSSR count). The van der Waals surface area contributed by atoms with E-state index in [1.807, 2.05) is 38.1 Å². The van der Waals surface area contributed by atoms with E-state index in [1.165, 1.54) is 4.80 Å². The van der Waals surface area contributed by atoms with Gasteiger partial charge in [0, 0.05) is 33.7 Å². The van der Waals surface area contributed by atoms with Crippen molar-refractivity contribution in [3.05, 3.63) is 82.9 Å². The normalized spacial score (nSPS) is 12.9. The fourth-order valence-corrected chi connectivity index (χ4v) is 8.16. The molecule has 1 aromatic heterocycles. The van der Waals surface area contributed by atoms with Gasteiger partial charge >= 0.3 is 5.97 Å². The summed E-state index contributed by atoms with van der Waals surface area (Å²) in [7, 11) is -0.370. The summed E-state index contributed by atoms with van der Waals surface area (Å²) in [5, 5.41) is 21.4. The van der Waals surface area contributed by atoms with Gasteiger partial charge in [0.05, 0.1) is 12.2 Å². The van der Waals surface area contributed by atoms with Gasteiger partial charge in [-0.3, -0.25) is 0 Å². The lowest BCUT2D eigenvalue weighted by Crippen LogP contribution is -2.27. The Balaban J connectivity index is 1.59. The van der Waals surface area contributed by atoms with E-state index in [0.717, 1.165) is 41.6 Å². The monoisotopic (exact) mass is 673 g/mol. The standard InChI is InChI=1S/C39H55N3O5Si/c1-10-45-34(46-11-2)25-48-21-15-20-47-36(44)27-18-19-31-32(22-27)41-42(40-31)33-24-29(38(6,7)26-37(3,4)5)23-30(35(33)43)39(8,9)28-16-13-12-14-17-28/h12-14,16-19,22-24,34,43H,10-11,15,20-21,25-26,48H2,1-9H3. The molecule has 0 aliphatic rings. The molecule has 0 aliphatic heterocycles. The van der Waals surface area contributed by atoms with Crippen LogP contribution in [0.2, 0.25) is 12.1 Å². The quantitative estimate of drug-likeness (QED) is 0.0556. The molecule has 0 unspecified atom stereocenters. The molecular formula is C39H55N3O5Si. The van der Waals surface area contributed by atoms with Gasteiger partial charge in [-0.2, -0.15) is 0 Å². The fourth-order valence-electron chi connectivity index (χ4n) is 6.65. The number of ether oxygens (including phenoxy) is 3. The molecule has 0 bridgehead atoms. The van der Waals surface area contributed by atoms with E-state index in [-0.39, 0.29) is 38.4 Å². The number of rotatable bonds is 16. The molecule has 0 amide bonds. The summed E-state index contributed by atoms with van der Waals surface area (Å²) in [4.78, 5) is 14.4. The van der Waals surface area contributed by atoms with Crippen LogP contribution < -0.4 is 0 Å². The molecule has 0 radical (unpaired) electrons. The summed E-state index contributed by atoms with van der Waals surface area (Å²) in [5.74, 6) is -0.244. The van der Waals surface area contributed by atoms with Gasteiger partial charge in [0.2, 0.25) is 0 Å². The average Bonchev–Trinajstić information content (AvgIpc) is 3.45. The second-order valence-corrected chi connectivity index (χ2v) is 17.0. The number of aromatic hydroxyl groups is 1. The first kappa shape index (κ1) is 37.3. The highest BCUT2D eigenvalue weighted by Crippen LogP contribution is 2.44. The molecule has 4 aromatic rings. The van der Waals surface area contributed by atoms with Crippen molar-refractivity contribution in [1.82, 2.24) is 15.0 Å². The number of fused-ring (bicyclic) bond motifs is 1.